The van der Waals surface area contributed by atoms with Crippen molar-refractivity contribution in [1.82, 2.24) is 14.8 Å². The van der Waals surface area contributed by atoms with E-state index in [1.165, 1.54) is 11.8 Å². The largest absolute Gasteiger partial charge is 0.343 e. The Balaban J connectivity index is 2.34. The van der Waals surface area contributed by atoms with Crippen molar-refractivity contribution in [2.75, 3.05) is 0 Å². The van der Waals surface area contributed by atoms with E-state index in [4.69, 9.17) is 0 Å². The summed E-state index contributed by atoms with van der Waals surface area (Å²) in [6.45, 7) is 4.39. The van der Waals surface area contributed by atoms with Crippen LogP contribution in [-0.2, 0) is 6.54 Å². The summed E-state index contributed by atoms with van der Waals surface area (Å²) < 4.78 is 1.57. The number of aromatic amines is 1. The van der Waals surface area contributed by atoms with E-state index in [1.54, 1.807) is 10.6 Å². The number of nitrogens with zero attached hydrogens (tertiary/aromatic N) is 2. The van der Waals surface area contributed by atoms with Gasteiger partial charge >= 0.3 is 5.69 Å². The number of hydrogen-bond donors (Lipinski definition) is 1. The quantitative estimate of drug-likeness (QED) is 0.855. The number of aryl methyl sites for hydroxylation is 1. The smallest absolute Gasteiger partial charge is 0.298 e. The van der Waals surface area contributed by atoms with E-state index in [2.05, 4.69) is 10.2 Å². The van der Waals surface area contributed by atoms with Crippen LogP contribution in [0.5, 0.6) is 0 Å². The van der Waals surface area contributed by atoms with Gasteiger partial charge in [-0.2, -0.15) is 0 Å². The Bertz CT molecular complexity index is 630. The molecule has 6 heteroatoms. The molecule has 94 valence electrons. The van der Waals surface area contributed by atoms with Crippen molar-refractivity contribution >= 4 is 18.0 Å². The highest BCUT2D eigenvalue weighted by Gasteiger charge is 2.10. The SMILES string of the molecule is CCn1c(Sc2ccc(C=O)cc2C)n[nH]c1=O. The Morgan fingerprint density at radius 1 is 1.50 bits per heavy atom. The van der Waals surface area contributed by atoms with Crippen molar-refractivity contribution < 1.29 is 4.79 Å². The van der Waals surface area contributed by atoms with Crippen LogP contribution < -0.4 is 5.69 Å². The lowest BCUT2D eigenvalue weighted by Crippen LogP contribution is -2.16. The highest BCUT2D eigenvalue weighted by molar-refractivity contribution is 7.99. The Hall–Kier alpha value is -1.82. The molecule has 0 aliphatic heterocycles. The topological polar surface area (TPSA) is 67.8 Å². The molecule has 1 N–H and O–H groups in total. The van der Waals surface area contributed by atoms with Gasteiger partial charge in [0.25, 0.3) is 0 Å². The summed E-state index contributed by atoms with van der Waals surface area (Å²) >= 11 is 1.41. The van der Waals surface area contributed by atoms with Crippen molar-refractivity contribution in [3.8, 4) is 0 Å². The molecule has 0 radical (unpaired) electrons. The molecule has 0 saturated carbocycles. The van der Waals surface area contributed by atoms with Crippen LogP contribution in [0.3, 0.4) is 0 Å². The van der Waals surface area contributed by atoms with Gasteiger partial charge in [-0.05, 0) is 43.3 Å². The third kappa shape index (κ3) is 2.38. The molecule has 0 unspecified atom stereocenters. The molecule has 2 rings (SSSR count). The number of benzene rings is 1. The van der Waals surface area contributed by atoms with E-state index >= 15 is 0 Å². The lowest BCUT2D eigenvalue weighted by atomic mass is 10.2. The van der Waals surface area contributed by atoms with Crippen LogP contribution in [0.25, 0.3) is 0 Å². The van der Waals surface area contributed by atoms with Gasteiger partial charge in [0.2, 0.25) is 0 Å². The fraction of sp³-hybridized carbons (Fsp3) is 0.250. The molecule has 0 aliphatic rings. The van der Waals surface area contributed by atoms with Crippen molar-refractivity contribution in [1.29, 1.82) is 0 Å². The average Bonchev–Trinajstić information content (AvgIpc) is 2.72. The van der Waals surface area contributed by atoms with Crippen molar-refractivity contribution in [2.45, 2.75) is 30.4 Å². The number of aromatic nitrogens is 3. The van der Waals surface area contributed by atoms with Crippen LogP contribution in [-0.4, -0.2) is 21.1 Å². The maximum Gasteiger partial charge on any atom is 0.343 e. The van der Waals surface area contributed by atoms with Crippen LogP contribution >= 0.6 is 11.8 Å². The molecule has 1 aromatic carbocycles. The van der Waals surface area contributed by atoms with E-state index in [1.807, 2.05) is 26.0 Å². The first kappa shape index (κ1) is 12.6. The number of H-pyrrole nitrogens is 1. The molecular weight excluding hydrogens is 250 g/mol. The summed E-state index contributed by atoms with van der Waals surface area (Å²) in [6.07, 6.45) is 0.817. The molecule has 0 atom stereocenters. The second-order valence-corrected chi connectivity index (χ2v) is 4.81. The molecule has 0 fully saturated rings. The van der Waals surface area contributed by atoms with Crippen molar-refractivity contribution in [3.63, 3.8) is 0 Å². The first-order chi connectivity index (χ1) is 8.65. The van der Waals surface area contributed by atoms with Gasteiger partial charge in [-0.3, -0.25) is 9.36 Å². The molecule has 1 heterocycles. The van der Waals surface area contributed by atoms with Crippen LogP contribution in [0.2, 0.25) is 0 Å². The summed E-state index contributed by atoms with van der Waals surface area (Å²) in [7, 11) is 0. The Morgan fingerprint density at radius 3 is 2.89 bits per heavy atom. The Morgan fingerprint density at radius 2 is 2.28 bits per heavy atom. The van der Waals surface area contributed by atoms with Gasteiger partial charge in [-0.1, -0.05) is 6.07 Å². The maximum atomic E-state index is 11.4. The van der Waals surface area contributed by atoms with E-state index in [9.17, 15) is 9.59 Å². The molecule has 5 nitrogen and oxygen atoms in total. The molecule has 0 saturated heterocycles. The average molecular weight is 263 g/mol. The third-order valence-corrected chi connectivity index (χ3v) is 3.75. The first-order valence-electron chi connectivity index (χ1n) is 5.54. The predicted molar refractivity (Wildman–Crippen MR) is 69.2 cm³/mol. The second-order valence-electron chi connectivity index (χ2n) is 3.80. The lowest BCUT2D eigenvalue weighted by Gasteiger charge is -2.05. The molecule has 0 aliphatic carbocycles. The maximum absolute atomic E-state index is 11.4. The summed E-state index contributed by atoms with van der Waals surface area (Å²) in [5.41, 5.74) is 1.43. The van der Waals surface area contributed by atoms with Gasteiger partial charge in [-0.25, -0.2) is 9.89 Å². The van der Waals surface area contributed by atoms with Gasteiger partial charge < -0.3 is 0 Å². The molecular formula is C12H13N3O2S. The van der Waals surface area contributed by atoms with Crippen LogP contribution in [0.15, 0.2) is 33.0 Å². The minimum atomic E-state index is -0.206. The van der Waals surface area contributed by atoms with E-state index in [-0.39, 0.29) is 5.69 Å². The normalized spacial score (nSPS) is 10.6. The van der Waals surface area contributed by atoms with Crippen molar-refractivity contribution in [3.05, 3.63) is 39.8 Å². The lowest BCUT2D eigenvalue weighted by molar-refractivity contribution is 0.112. The molecule has 0 amide bonds. The molecule has 1 aromatic heterocycles. The third-order valence-electron chi connectivity index (χ3n) is 2.58. The van der Waals surface area contributed by atoms with Gasteiger partial charge in [0.05, 0.1) is 0 Å². The first-order valence-corrected chi connectivity index (χ1v) is 6.36. The van der Waals surface area contributed by atoms with Crippen LogP contribution in [0.1, 0.15) is 22.8 Å². The minimum Gasteiger partial charge on any atom is -0.298 e. The molecule has 0 bridgehead atoms. The van der Waals surface area contributed by atoms with Gasteiger partial charge in [-0.15, -0.1) is 5.10 Å². The summed E-state index contributed by atoms with van der Waals surface area (Å²) in [6, 6.07) is 5.43. The molecule has 18 heavy (non-hydrogen) atoms. The zero-order valence-electron chi connectivity index (χ0n) is 10.1. The summed E-state index contributed by atoms with van der Waals surface area (Å²) in [4.78, 5) is 23.1. The van der Waals surface area contributed by atoms with Crippen LogP contribution in [0, 0.1) is 6.92 Å². The van der Waals surface area contributed by atoms with E-state index in [0.29, 0.717) is 17.3 Å². The fourth-order valence-electron chi connectivity index (χ4n) is 1.62. The Labute approximate surface area is 108 Å². The number of carbonyl (C=O) groups excluding carboxylic acids is 1. The summed E-state index contributed by atoms with van der Waals surface area (Å²) in [5, 5.41) is 7.04. The highest BCUT2D eigenvalue weighted by Crippen LogP contribution is 2.28. The fourth-order valence-corrected chi connectivity index (χ4v) is 2.58. The number of rotatable bonds is 4. The molecule has 2 aromatic rings. The van der Waals surface area contributed by atoms with Gasteiger partial charge in [0.1, 0.15) is 6.29 Å². The molecule has 0 spiro atoms. The highest BCUT2D eigenvalue weighted by atomic mass is 32.2. The standard InChI is InChI=1S/C12H13N3O2S/c1-3-15-11(17)13-14-12(15)18-10-5-4-9(7-16)6-8(10)2/h4-7H,3H2,1-2H3,(H,13,17). The van der Waals surface area contributed by atoms with Gasteiger partial charge in [0.15, 0.2) is 5.16 Å². The van der Waals surface area contributed by atoms with Gasteiger partial charge in [0, 0.05) is 17.0 Å². The second kappa shape index (κ2) is 5.22. The monoisotopic (exact) mass is 263 g/mol. The number of nitrogens with one attached hydrogen (secondary N) is 1. The van der Waals surface area contributed by atoms with Crippen molar-refractivity contribution in [2.24, 2.45) is 0 Å². The number of aldehydes is 1. The minimum absolute atomic E-state index is 0.206. The summed E-state index contributed by atoms with van der Waals surface area (Å²) in [5.74, 6) is 0. The van der Waals surface area contributed by atoms with E-state index in [0.717, 1.165) is 16.7 Å². The Kier molecular flexibility index (Phi) is 3.66. The van der Waals surface area contributed by atoms with E-state index < -0.39 is 0 Å². The zero-order valence-corrected chi connectivity index (χ0v) is 11.0. The zero-order chi connectivity index (χ0) is 13.1. The predicted octanol–water partition coefficient (Wildman–Crippen LogP) is 1.86. The van der Waals surface area contributed by atoms with Crippen LogP contribution in [0.4, 0.5) is 0 Å². The number of hydrogen-bond acceptors (Lipinski definition) is 4. The number of carbonyl (C=O) groups is 1.